The SMILES string of the molecule is Cc1nc2sc([C@H](c3ccccc3)[NH+]3CC[NH+](CCO)CC3)c(O)n2n1. The van der Waals surface area contributed by atoms with Crippen LogP contribution in [0.4, 0.5) is 0 Å². The molecule has 26 heavy (non-hydrogen) atoms. The molecule has 3 heterocycles. The number of rotatable bonds is 5. The Kier molecular flexibility index (Phi) is 4.90. The van der Waals surface area contributed by atoms with Gasteiger partial charge in [0.25, 0.3) is 0 Å². The average molecular weight is 375 g/mol. The van der Waals surface area contributed by atoms with Crippen molar-refractivity contribution in [1.82, 2.24) is 14.6 Å². The van der Waals surface area contributed by atoms with E-state index in [1.54, 1.807) is 4.52 Å². The minimum atomic E-state index is 0.0701. The number of fused-ring (bicyclic) bond motifs is 1. The Labute approximate surface area is 156 Å². The van der Waals surface area contributed by atoms with Crippen LogP contribution in [-0.4, -0.2) is 64.1 Å². The summed E-state index contributed by atoms with van der Waals surface area (Å²) in [6.07, 6.45) is 0. The Morgan fingerprint density at radius 2 is 1.92 bits per heavy atom. The Hall–Kier alpha value is -2.00. The summed E-state index contributed by atoms with van der Waals surface area (Å²) in [6.45, 7) is 6.94. The van der Waals surface area contributed by atoms with E-state index in [9.17, 15) is 10.2 Å². The standard InChI is InChI=1S/C18H23N5O2S/c1-13-19-18-23(20-13)17(25)16(26-18)15(14-5-3-2-4-6-14)22-9-7-21(8-10-22)11-12-24/h2-6,15,24-25H,7-12H2,1H3/p+2/t15-/m0/s1. The number of nitrogens with zero attached hydrogens (tertiary/aromatic N) is 3. The van der Waals surface area contributed by atoms with Gasteiger partial charge in [-0.05, 0) is 6.92 Å². The highest BCUT2D eigenvalue weighted by atomic mass is 32.1. The summed E-state index contributed by atoms with van der Waals surface area (Å²) >= 11 is 1.52. The molecular formula is C18H25N5O2S+2. The molecule has 2 aromatic heterocycles. The number of nitrogens with one attached hydrogen (secondary N) is 2. The number of hydrogen-bond acceptors (Lipinski definition) is 5. The van der Waals surface area contributed by atoms with Crippen molar-refractivity contribution in [3.8, 4) is 5.88 Å². The van der Waals surface area contributed by atoms with Crippen LogP contribution in [0.5, 0.6) is 5.88 Å². The van der Waals surface area contributed by atoms with Crippen LogP contribution in [0, 0.1) is 6.92 Å². The van der Waals surface area contributed by atoms with Gasteiger partial charge in [-0.15, -0.1) is 5.10 Å². The fourth-order valence-corrected chi connectivity index (χ4v) is 5.06. The van der Waals surface area contributed by atoms with E-state index in [4.69, 9.17) is 0 Å². The second kappa shape index (κ2) is 7.32. The van der Waals surface area contributed by atoms with Crippen LogP contribution >= 0.6 is 11.3 Å². The maximum atomic E-state index is 10.8. The molecular weight excluding hydrogens is 350 g/mol. The lowest BCUT2D eigenvalue weighted by molar-refractivity contribution is -1.02. The summed E-state index contributed by atoms with van der Waals surface area (Å²) in [4.78, 5) is 8.97. The van der Waals surface area contributed by atoms with Crippen LogP contribution in [0.1, 0.15) is 22.3 Å². The highest BCUT2D eigenvalue weighted by Gasteiger charge is 2.35. The van der Waals surface area contributed by atoms with Gasteiger partial charge in [-0.1, -0.05) is 41.7 Å². The van der Waals surface area contributed by atoms with Gasteiger partial charge in [0.15, 0.2) is 6.04 Å². The number of aryl methyl sites for hydroxylation is 1. The van der Waals surface area contributed by atoms with Crippen molar-refractivity contribution in [3.05, 3.63) is 46.6 Å². The van der Waals surface area contributed by atoms with Crippen molar-refractivity contribution in [3.63, 3.8) is 0 Å². The summed E-state index contributed by atoms with van der Waals surface area (Å²) in [5.41, 5.74) is 1.20. The molecule has 1 aliphatic heterocycles. The number of aromatic hydroxyl groups is 1. The maximum Gasteiger partial charge on any atom is 0.235 e. The Morgan fingerprint density at radius 1 is 1.19 bits per heavy atom. The summed E-state index contributed by atoms with van der Waals surface area (Å²) in [6, 6.07) is 10.4. The van der Waals surface area contributed by atoms with Crippen LogP contribution in [0.25, 0.3) is 4.96 Å². The molecule has 0 spiro atoms. The predicted molar refractivity (Wildman–Crippen MR) is 98.9 cm³/mol. The van der Waals surface area contributed by atoms with E-state index in [1.165, 1.54) is 26.7 Å². The third-order valence-corrected chi connectivity index (χ3v) is 6.26. The molecule has 138 valence electrons. The number of hydrogen-bond donors (Lipinski definition) is 4. The largest absolute Gasteiger partial charge is 0.492 e. The molecule has 0 bridgehead atoms. The Balaban J connectivity index is 1.69. The van der Waals surface area contributed by atoms with Gasteiger partial charge in [0.1, 0.15) is 43.4 Å². The molecule has 3 aromatic rings. The van der Waals surface area contributed by atoms with E-state index in [0.717, 1.165) is 42.6 Å². The van der Waals surface area contributed by atoms with Crippen molar-refractivity contribution < 1.29 is 20.0 Å². The van der Waals surface area contributed by atoms with Gasteiger partial charge in [-0.2, -0.15) is 4.52 Å². The van der Waals surface area contributed by atoms with Crippen molar-refractivity contribution >= 4 is 16.3 Å². The highest BCUT2D eigenvalue weighted by Crippen LogP contribution is 2.34. The first-order valence-electron chi connectivity index (χ1n) is 9.06. The Morgan fingerprint density at radius 3 is 2.58 bits per heavy atom. The molecule has 1 fully saturated rings. The zero-order chi connectivity index (χ0) is 18.1. The second-order valence-electron chi connectivity index (χ2n) is 6.87. The number of quaternary nitrogens is 2. The van der Waals surface area contributed by atoms with Crippen LogP contribution in [0.2, 0.25) is 0 Å². The van der Waals surface area contributed by atoms with Gasteiger partial charge in [0, 0.05) is 5.56 Å². The molecule has 1 atom stereocenters. The molecule has 1 aromatic carbocycles. The quantitative estimate of drug-likeness (QED) is 0.446. The van der Waals surface area contributed by atoms with Crippen molar-refractivity contribution in [2.75, 3.05) is 39.3 Å². The first-order chi connectivity index (χ1) is 12.7. The third-order valence-electron chi connectivity index (χ3n) is 5.17. The fraction of sp³-hybridized carbons (Fsp3) is 0.444. The fourth-order valence-electron chi connectivity index (χ4n) is 3.88. The molecule has 0 unspecified atom stereocenters. The predicted octanol–water partition coefficient (Wildman–Crippen LogP) is -1.33. The summed E-state index contributed by atoms with van der Waals surface area (Å²) < 4.78 is 1.55. The number of aliphatic hydroxyl groups excluding tert-OH is 1. The highest BCUT2D eigenvalue weighted by molar-refractivity contribution is 7.17. The molecule has 0 radical (unpaired) electrons. The third kappa shape index (κ3) is 3.21. The minimum Gasteiger partial charge on any atom is -0.492 e. The lowest BCUT2D eigenvalue weighted by atomic mass is 10.0. The Bertz CT molecular complexity index is 870. The average Bonchev–Trinajstić information content (AvgIpc) is 3.16. The number of benzene rings is 1. The van der Waals surface area contributed by atoms with Gasteiger partial charge < -0.3 is 20.0 Å². The molecule has 0 aliphatic carbocycles. The molecule has 1 saturated heterocycles. The molecule has 4 N–H and O–H groups in total. The van der Waals surface area contributed by atoms with Gasteiger partial charge in [-0.25, -0.2) is 4.98 Å². The topological polar surface area (TPSA) is 79.5 Å². The van der Waals surface area contributed by atoms with E-state index in [0.29, 0.717) is 5.82 Å². The minimum absolute atomic E-state index is 0.0701. The number of aliphatic hydroxyl groups is 1. The van der Waals surface area contributed by atoms with Crippen LogP contribution in [0.15, 0.2) is 30.3 Å². The smallest absolute Gasteiger partial charge is 0.235 e. The summed E-state index contributed by atoms with van der Waals surface area (Å²) in [7, 11) is 0. The summed E-state index contributed by atoms with van der Waals surface area (Å²) in [5.74, 6) is 0.875. The van der Waals surface area contributed by atoms with Crippen LogP contribution in [-0.2, 0) is 0 Å². The van der Waals surface area contributed by atoms with Gasteiger partial charge in [0.05, 0.1) is 6.61 Å². The van der Waals surface area contributed by atoms with Gasteiger partial charge in [0.2, 0.25) is 10.8 Å². The van der Waals surface area contributed by atoms with Crippen molar-refractivity contribution in [2.45, 2.75) is 13.0 Å². The molecule has 1 aliphatic rings. The van der Waals surface area contributed by atoms with E-state index in [-0.39, 0.29) is 18.5 Å². The number of aromatic nitrogens is 3. The summed E-state index contributed by atoms with van der Waals surface area (Å²) in [5, 5.41) is 24.3. The van der Waals surface area contributed by atoms with E-state index in [1.807, 2.05) is 25.1 Å². The molecule has 0 saturated carbocycles. The van der Waals surface area contributed by atoms with Gasteiger partial charge >= 0.3 is 0 Å². The second-order valence-corrected chi connectivity index (χ2v) is 7.88. The van der Waals surface area contributed by atoms with Crippen molar-refractivity contribution in [1.29, 1.82) is 0 Å². The van der Waals surface area contributed by atoms with Crippen LogP contribution in [0.3, 0.4) is 0 Å². The normalized spacial score (nSPS) is 21.9. The van der Waals surface area contributed by atoms with Crippen molar-refractivity contribution in [2.24, 2.45) is 0 Å². The van der Waals surface area contributed by atoms with E-state index < -0.39 is 0 Å². The molecule has 8 heteroatoms. The molecule has 4 rings (SSSR count). The lowest BCUT2D eigenvalue weighted by Gasteiger charge is -2.34. The van der Waals surface area contributed by atoms with Crippen LogP contribution < -0.4 is 9.80 Å². The number of thiazole rings is 1. The first kappa shape index (κ1) is 17.4. The van der Waals surface area contributed by atoms with E-state index >= 15 is 0 Å². The zero-order valence-electron chi connectivity index (χ0n) is 14.9. The van der Waals surface area contributed by atoms with Gasteiger partial charge in [-0.3, -0.25) is 0 Å². The lowest BCUT2D eigenvalue weighted by Crippen LogP contribution is -3.28. The monoisotopic (exact) mass is 375 g/mol. The maximum absolute atomic E-state index is 10.8. The first-order valence-corrected chi connectivity index (χ1v) is 9.88. The number of piperazine rings is 1. The zero-order valence-corrected chi connectivity index (χ0v) is 15.7. The molecule has 0 amide bonds. The molecule has 7 nitrogen and oxygen atoms in total. The van der Waals surface area contributed by atoms with E-state index in [2.05, 4.69) is 22.2 Å².